The Labute approximate surface area is 260 Å². The number of carbonyl (C=O) groups is 2. The standard InChI is InChI=1S/C34H41N3O5.ClH/c1-23(25-15-17-37(21-25)32(38)26-19-29(40-2)31(42-4)30(20-26)41-3)36-18-16-34(33(35)39,27-13-9-6-10-14-27)28(22-36)24-11-7-5-8-12-24;/h5-14,19-20,23,25,28H,15-18,21-22H2,1-4H3,(H2,35,39);1H. The zero-order chi connectivity index (χ0) is 29.9. The molecule has 3 aromatic rings. The summed E-state index contributed by atoms with van der Waals surface area (Å²) >= 11 is 0. The van der Waals surface area contributed by atoms with Gasteiger partial charge in [0.1, 0.15) is 0 Å². The number of nitrogens with two attached hydrogens (primary N) is 1. The Hall–Kier alpha value is -3.75. The number of methoxy groups -OCH3 is 3. The molecule has 3 aromatic carbocycles. The summed E-state index contributed by atoms with van der Waals surface area (Å²) in [5.74, 6) is 1.25. The molecule has 0 aromatic heterocycles. The van der Waals surface area contributed by atoms with Crippen molar-refractivity contribution in [3.8, 4) is 17.2 Å². The highest BCUT2D eigenvalue weighted by Crippen LogP contribution is 2.46. The number of benzene rings is 3. The molecule has 0 saturated carbocycles. The van der Waals surface area contributed by atoms with Gasteiger partial charge in [-0.2, -0.15) is 0 Å². The molecule has 4 unspecified atom stereocenters. The highest BCUT2D eigenvalue weighted by molar-refractivity contribution is 5.96. The molecule has 0 spiro atoms. The van der Waals surface area contributed by atoms with Crippen LogP contribution in [0.4, 0.5) is 0 Å². The highest BCUT2D eigenvalue weighted by atomic mass is 35.5. The largest absolute Gasteiger partial charge is 0.493 e. The summed E-state index contributed by atoms with van der Waals surface area (Å²) in [6.07, 6.45) is 1.54. The third-order valence-corrected chi connectivity index (χ3v) is 9.42. The first kappa shape index (κ1) is 32.2. The van der Waals surface area contributed by atoms with Crippen LogP contribution in [-0.2, 0) is 10.2 Å². The van der Waals surface area contributed by atoms with E-state index in [0.717, 1.165) is 24.1 Å². The topological polar surface area (TPSA) is 94.3 Å². The van der Waals surface area contributed by atoms with Crippen molar-refractivity contribution >= 4 is 24.2 Å². The van der Waals surface area contributed by atoms with E-state index in [1.807, 2.05) is 53.4 Å². The normalized spacial score (nSPS) is 22.7. The van der Waals surface area contributed by atoms with Crippen molar-refractivity contribution in [3.05, 3.63) is 89.5 Å². The molecular formula is C34H42ClN3O5. The van der Waals surface area contributed by atoms with E-state index < -0.39 is 5.41 Å². The number of amides is 2. The quantitative estimate of drug-likeness (QED) is 0.372. The minimum atomic E-state index is -0.789. The fraction of sp³-hybridized carbons (Fsp3) is 0.412. The molecule has 2 aliphatic heterocycles. The lowest BCUT2D eigenvalue weighted by Crippen LogP contribution is -2.57. The summed E-state index contributed by atoms with van der Waals surface area (Å²) in [7, 11) is 4.64. The van der Waals surface area contributed by atoms with Crippen LogP contribution < -0.4 is 19.9 Å². The SMILES string of the molecule is COc1cc(C(=O)N2CCC(C(C)N3CCC(C(N)=O)(c4ccccc4)C(c4ccccc4)C3)C2)cc(OC)c1OC.Cl. The minimum Gasteiger partial charge on any atom is -0.493 e. The van der Waals surface area contributed by atoms with Crippen molar-refractivity contribution in [3.63, 3.8) is 0 Å². The van der Waals surface area contributed by atoms with E-state index in [9.17, 15) is 9.59 Å². The van der Waals surface area contributed by atoms with E-state index in [4.69, 9.17) is 19.9 Å². The van der Waals surface area contributed by atoms with Gasteiger partial charge in [0.2, 0.25) is 11.7 Å². The molecule has 2 amide bonds. The van der Waals surface area contributed by atoms with Gasteiger partial charge in [0.25, 0.3) is 5.91 Å². The van der Waals surface area contributed by atoms with Crippen LogP contribution in [0.2, 0.25) is 0 Å². The van der Waals surface area contributed by atoms with Gasteiger partial charge in [-0.05, 0) is 55.5 Å². The highest BCUT2D eigenvalue weighted by Gasteiger charge is 2.50. The number of primary amides is 1. The Morgan fingerprint density at radius 2 is 1.49 bits per heavy atom. The van der Waals surface area contributed by atoms with Crippen LogP contribution in [0.3, 0.4) is 0 Å². The average molecular weight is 608 g/mol. The van der Waals surface area contributed by atoms with Gasteiger partial charge in [-0.25, -0.2) is 0 Å². The molecule has 230 valence electrons. The third kappa shape index (κ3) is 6.04. The van der Waals surface area contributed by atoms with Crippen molar-refractivity contribution in [1.82, 2.24) is 9.80 Å². The summed E-state index contributed by atoms with van der Waals surface area (Å²) in [6, 6.07) is 23.9. The van der Waals surface area contributed by atoms with E-state index in [1.165, 1.54) is 0 Å². The summed E-state index contributed by atoms with van der Waals surface area (Å²) in [4.78, 5) is 31.3. The number of ether oxygens (including phenoxy) is 3. The number of hydrogen-bond acceptors (Lipinski definition) is 6. The first-order valence-corrected chi connectivity index (χ1v) is 14.6. The zero-order valence-corrected chi connectivity index (χ0v) is 26.1. The lowest BCUT2D eigenvalue weighted by molar-refractivity contribution is -0.126. The fourth-order valence-electron chi connectivity index (χ4n) is 6.99. The minimum absolute atomic E-state index is 0. The molecule has 2 N–H and O–H groups in total. The molecule has 4 atom stereocenters. The molecule has 2 heterocycles. The van der Waals surface area contributed by atoms with Gasteiger partial charge < -0.3 is 24.8 Å². The van der Waals surface area contributed by atoms with Gasteiger partial charge in [0.15, 0.2) is 11.5 Å². The first-order valence-electron chi connectivity index (χ1n) is 14.6. The van der Waals surface area contributed by atoms with Crippen molar-refractivity contribution in [2.45, 2.75) is 37.1 Å². The maximum absolute atomic E-state index is 13.6. The third-order valence-electron chi connectivity index (χ3n) is 9.42. The van der Waals surface area contributed by atoms with Gasteiger partial charge in [-0.1, -0.05) is 60.7 Å². The Balaban J connectivity index is 0.00000423. The second kappa shape index (κ2) is 13.7. The predicted octanol–water partition coefficient (Wildman–Crippen LogP) is 4.90. The van der Waals surface area contributed by atoms with E-state index in [1.54, 1.807) is 33.5 Å². The van der Waals surface area contributed by atoms with Gasteiger partial charge in [0.05, 0.1) is 26.7 Å². The van der Waals surface area contributed by atoms with Gasteiger partial charge in [-0.3, -0.25) is 14.5 Å². The number of hydrogen-bond donors (Lipinski definition) is 1. The Bertz CT molecular complexity index is 1380. The van der Waals surface area contributed by atoms with Crippen LogP contribution in [0, 0.1) is 5.92 Å². The van der Waals surface area contributed by atoms with E-state index >= 15 is 0 Å². The summed E-state index contributed by atoms with van der Waals surface area (Å²) in [5, 5.41) is 0. The maximum atomic E-state index is 13.6. The van der Waals surface area contributed by atoms with Crippen molar-refractivity contribution in [2.24, 2.45) is 11.7 Å². The number of likely N-dealkylation sites (tertiary alicyclic amines) is 2. The van der Waals surface area contributed by atoms with Crippen LogP contribution in [0.25, 0.3) is 0 Å². The number of nitrogens with zero attached hydrogens (tertiary/aromatic N) is 2. The molecule has 9 heteroatoms. The number of rotatable bonds is 9. The van der Waals surface area contributed by atoms with Crippen molar-refractivity contribution in [1.29, 1.82) is 0 Å². The average Bonchev–Trinajstić information content (AvgIpc) is 3.54. The van der Waals surface area contributed by atoms with Crippen LogP contribution in [0.1, 0.15) is 47.2 Å². The van der Waals surface area contributed by atoms with Crippen LogP contribution in [0.5, 0.6) is 17.2 Å². The molecule has 5 rings (SSSR count). The van der Waals surface area contributed by atoms with Crippen molar-refractivity contribution < 1.29 is 23.8 Å². The van der Waals surface area contributed by atoms with E-state index in [2.05, 4.69) is 24.0 Å². The molecule has 2 fully saturated rings. The van der Waals surface area contributed by atoms with Gasteiger partial charge in [-0.15, -0.1) is 12.4 Å². The smallest absolute Gasteiger partial charge is 0.254 e. The van der Waals surface area contributed by atoms with Gasteiger partial charge >= 0.3 is 0 Å². The van der Waals surface area contributed by atoms with E-state index in [0.29, 0.717) is 54.8 Å². The van der Waals surface area contributed by atoms with E-state index in [-0.39, 0.29) is 36.2 Å². The Morgan fingerprint density at radius 1 is 0.884 bits per heavy atom. The Morgan fingerprint density at radius 3 is 2.05 bits per heavy atom. The molecule has 0 aliphatic carbocycles. The number of piperidine rings is 1. The Kier molecular flexibility index (Phi) is 10.2. The lowest BCUT2D eigenvalue weighted by atomic mass is 9.62. The first-order chi connectivity index (χ1) is 20.3. The number of carbonyl (C=O) groups excluding carboxylic acids is 2. The molecule has 43 heavy (non-hydrogen) atoms. The monoisotopic (exact) mass is 607 g/mol. The maximum Gasteiger partial charge on any atom is 0.254 e. The summed E-state index contributed by atoms with van der Waals surface area (Å²) < 4.78 is 16.4. The second-order valence-corrected chi connectivity index (χ2v) is 11.4. The van der Waals surface area contributed by atoms with Gasteiger partial charge in [0, 0.05) is 37.2 Å². The van der Waals surface area contributed by atoms with Crippen LogP contribution in [-0.4, -0.2) is 75.2 Å². The second-order valence-electron chi connectivity index (χ2n) is 11.4. The lowest BCUT2D eigenvalue weighted by Gasteiger charge is -2.49. The van der Waals surface area contributed by atoms with Crippen molar-refractivity contribution in [2.75, 3.05) is 47.5 Å². The summed E-state index contributed by atoms with van der Waals surface area (Å²) in [5.41, 5.74) is 8.05. The molecular weight excluding hydrogens is 566 g/mol. The molecule has 2 saturated heterocycles. The zero-order valence-electron chi connectivity index (χ0n) is 25.3. The predicted molar refractivity (Wildman–Crippen MR) is 170 cm³/mol. The number of halogens is 1. The summed E-state index contributed by atoms with van der Waals surface area (Å²) in [6.45, 7) is 5.04. The van der Waals surface area contributed by atoms with Crippen LogP contribution >= 0.6 is 12.4 Å². The fourth-order valence-corrected chi connectivity index (χ4v) is 6.99. The van der Waals surface area contributed by atoms with Crippen LogP contribution in [0.15, 0.2) is 72.8 Å². The molecule has 2 aliphatic rings. The molecule has 0 radical (unpaired) electrons. The molecule has 0 bridgehead atoms. The molecule has 8 nitrogen and oxygen atoms in total.